The fourth-order valence-corrected chi connectivity index (χ4v) is 2.75. The van der Waals surface area contributed by atoms with Crippen LogP contribution < -0.4 is 4.74 Å². The molecule has 0 amide bonds. The van der Waals surface area contributed by atoms with E-state index >= 15 is 0 Å². The van der Waals surface area contributed by atoms with Crippen molar-refractivity contribution >= 4 is 29.0 Å². The molecule has 10 nitrogen and oxygen atoms in total. The predicted octanol–water partition coefficient (Wildman–Crippen LogP) is 5.06. The third-order valence-corrected chi connectivity index (χ3v) is 4.33. The Balaban J connectivity index is 1.83. The van der Waals surface area contributed by atoms with Crippen LogP contribution in [0.2, 0.25) is 0 Å². The Hall–Kier alpha value is -5.04. The van der Waals surface area contributed by atoms with E-state index in [1.54, 1.807) is 18.2 Å². The van der Waals surface area contributed by atoms with Crippen molar-refractivity contribution in [2.75, 3.05) is 0 Å². The third kappa shape index (κ3) is 4.92. The summed E-state index contributed by atoms with van der Waals surface area (Å²) < 4.78 is 5.51. The zero-order valence-corrected chi connectivity index (χ0v) is 16.2. The van der Waals surface area contributed by atoms with Crippen LogP contribution in [0.5, 0.6) is 11.5 Å². The maximum Gasteiger partial charge on any atom is 0.335 e. The topological polar surface area (TPSA) is 157 Å². The lowest BCUT2D eigenvalue weighted by molar-refractivity contribution is -0.394. The molecule has 10 heteroatoms. The molecule has 0 radical (unpaired) electrons. The molecule has 0 aliphatic carbocycles. The molecule has 32 heavy (non-hydrogen) atoms. The maximum absolute atomic E-state index is 11.2. The van der Waals surface area contributed by atoms with Crippen molar-refractivity contribution in [3.05, 3.63) is 104 Å². The molecule has 0 saturated carbocycles. The largest absolute Gasteiger partial charge is 0.478 e. The van der Waals surface area contributed by atoms with Gasteiger partial charge in [-0.25, -0.2) is 4.79 Å². The molecule has 3 rings (SSSR count). The van der Waals surface area contributed by atoms with E-state index in [0.717, 1.165) is 18.2 Å². The summed E-state index contributed by atoms with van der Waals surface area (Å²) in [6.45, 7) is 0. The SMILES string of the molecule is N#CC(=Cc1ccc(Oc2ccc([N+](=O)[O-])cc2[N+](=O)[O-])cc1)c1ccc(C(=O)O)cc1. The molecule has 0 heterocycles. The Morgan fingerprint density at radius 2 is 1.56 bits per heavy atom. The number of ether oxygens (including phenoxy) is 1. The Morgan fingerprint density at radius 1 is 0.938 bits per heavy atom. The number of carbonyl (C=O) groups is 1. The van der Waals surface area contributed by atoms with Crippen molar-refractivity contribution in [2.45, 2.75) is 0 Å². The molecular weight excluding hydrogens is 418 g/mol. The van der Waals surface area contributed by atoms with Crippen molar-refractivity contribution in [2.24, 2.45) is 0 Å². The summed E-state index contributed by atoms with van der Waals surface area (Å²) >= 11 is 0. The zero-order chi connectivity index (χ0) is 23.3. The van der Waals surface area contributed by atoms with Crippen LogP contribution >= 0.6 is 0 Å². The van der Waals surface area contributed by atoms with E-state index in [4.69, 9.17) is 9.84 Å². The summed E-state index contributed by atoms with van der Waals surface area (Å²) in [7, 11) is 0. The van der Waals surface area contributed by atoms with E-state index in [1.165, 1.54) is 36.4 Å². The number of hydrogen-bond donors (Lipinski definition) is 1. The molecular formula is C22H13N3O7. The van der Waals surface area contributed by atoms with Crippen LogP contribution in [-0.4, -0.2) is 20.9 Å². The first kappa shape index (κ1) is 21.7. The fourth-order valence-electron chi connectivity index (χ4n) is 2.75. The van der Waals surface area contributed by atoms with Crippen LogP contribution in [0.15, 0.2) is 66.7 Å². The van der Waals surface area contributed by atoms with E-state index in [-0.39, 0.29) is 17.1 Å². The van der Waals surface area contributed by atoms with Crippen LogP contribution in [-0.2, 0) is 0 Å². The second kappa shape index (κ2) is 9.19. The second-order valence-electron chi connectivity index (χ2n) is 6.39. The summed E-state index contributed by atoms with van der Waals surface area (Å²) in [6.07, 6.45) is 1.59. The number of nitrogens with zero attached hydrogens (tertiary/aromatic N) is 3. The number of non-ortho nitro benzene ring substituents is 1. The minimum absolute atomic E-state index is 0.105. The minimum Gasteiger partial charge on any atom is -0.478 e. The van der Waals surface area contributed by atoms with Crippen LogP contribution in [0.3, 0.4) is 0 Å². The van der Waals surface area contributed by atoms with Crippen LogP contribution in [0.1, 0.15) is 21.5 Å². The lowest BCUT2D eigenvalue weighted by atomic mass is 10.0. The van der Waals surface area contributed by atoms with Gasteiger partial charge in [-0.05, 0) is 47.5 Å². The quantitative estimate of drug-likeness (QED) is 0.235. The van der Waals surface area contributed by atoms with Gasteiger partial charge in [0.1, 0.15) is 5.75 Å². The first-order valence-electron chi connectivity index (χ1n) is 8.95. The molecule has 0 spiro atoms. The number of rotatable bonds is 7. The molecule has 158 valence electrons. The van der Waals surface area contributed by atoms with Gasteiger partial charge in [-0.3, -0.25) is 20.2 Å². The van der Waals surface area contributed by atoms with Crippen molar-refractivity contribution < 1.29 is 24.5 Å². The van der Waals surface area contributed by atoms with Crippen LogP contribution in [0.25, 0.3) is 11.6 Å². The standard InChI is InChI=1S/C22H13N3O7/c23-13-17(15-3-5-16(6-4-15)22(26)27)11-14-1-8-19(9-2-14)32-21-10-7-18(24(28)29)12-20(21)25(30)31/h1-12H,(H,26,27). The van der Waals surface area contributed by atoms with Gasteiger partial charge in [-0.1, -0.05) is 24.3 Å². The summed E-state index contributed by atoms with van der Waals surface area (Å²) in [4.78, 5) is 31.5. The monoisotopic (exact) mass is 431 g/mol. The number of hydrogen-bond acceptors (Lipinski definition) is 7. The van der Waals surface area contributed by atoms with E-state index in [0.29, 0.717) is 16.7 Å². The number of carboxylic acid groups (broad SMARTS) is 1. The fraction of sp³-hybridized carbons (Fsp3) is 0. The summed E-state index contributed by atoms with van der Waals surface area (Å²) in [5.41, 5.74) is 0.618. The van der Waals surface area contributed by atoms with E-state index < -0.39 is 27.2 Å². The first-order chi connectivity index (χ1) is 15.3. The van der Waals surface area contributed by atoms with Gasteiger partial charge in [0.15, 0.2) is 0 Å². The summed E-state index contributed by atoms with van der Waals surface area (Å²) in [6, 6.07) is 17.3. The highest BCUT2D eigenvalue weighted by Crippen LogP contribution is 2.34. The second-order valence-corrected chi connectivity index (χ2v) is 6.39. The zero-order valence-electron chi connectivity index (χ0n) is 16.2. The molecule has 0 saturated heterocycles. The van der Waals surface area contributed by atoms with E-state index in [1.807, 2.05) is 0 Å². The number of carboxylic acids is 1. The number of aromatic carboxylic acids is 1. The summed E-state index contributed by atoms with van der Waals surface area (Å²) in [5.74, 6) is -0.966. The molecule has 1 N–H and O–H groups in total. The molecule has 0 atom stereocenters. The number of nitro groups is 2. The summed E-state index contributed by atoms with van der Waals surface area (Å²) in [5, 5.41) is 40.5. The van der Waals surface area contributed by atoms with E-state index in [9.17, 15) is 30.3 Å². The highest BCUT2D eigenvalue weighted by molar-refractivity contribution is 5.92. The minimum atomic E-state index is -1.07. The molecule has 0 aliphatic heterocycles. The van der Waals surface area contributed by atoms with Gasteiger partial charge in [0.25, 0.3) is 5.69 Å². The molecule has 0 bridgehead atoms. The third-order valence-electron chi connectivity index (χ3n) is 4.33. The lowest BCUT2D eigenvalue weighted by Crippen LogP contribution is -1.96. The maximum atomic E-state index is 11.2. The highest BCUT2D eigenvalue weighted by Gasteiger charge is 2.21. The van der Waals surface area contributed by atoms with Crippen molar-refractivity contribution in [3.8, 4) is 17.6 Å². The van der Waals surface area contributed by atoms with Gasteiger partial charge in [-0.15, -0.1) is 0 Å². The Morgan fingerprint density at radius 3 is 2.09 bits per heavy atom. The smallest absolute Gasteiger partial charge is 0.335 e. The number of nitro benzene ring substituents is 2. The number of nitriles is 1. The van der Waals surface area contributed by atoms with Gasteiger partial charge in [0, 0.05) is 6.07 Å². The van der Waals surface area contributed by atoms with Gasteiger partial charge < -0.3 is 9.84 Å². The van der Waals surface area contributed by atoms with Crippen molar-refractivity contribution in [3.63, 3.8) is 0 Å². The molecule has 3 aromatic carbocycles. The first-order valence-corrected chi connectivity index (χ1v) is 8.95. The normalized spacial score (nSPS) is 10.8. The average molecular weight is 431 g/mol. The molecule has 0 aromatic heterocycles. The Kier molecular flexibility index (Phi) is 6.22. The molecule has 0 unspecified atom stereocenters. The van der Waals surface area contributed by atoms with Gasteiger partial charge in [-0.2, -0.15) is 5.26 Å². The predicted molar refractivity (Wildman–Crippen MR) is 113 cm³/mol. The van der Waals surface area contributed by atoms with Gasteiger partial charge >= 0.3 is 11.7 Å². The number of allylic oxidation sites excluding steroid dienone is 1. The molecule has 0 fully saturated rings. The average Bonchev–Trinajstić information content (AvgIpc) is 2.78. The van der Waals surface area contributed by atoms with E-state index in [2.05, 4.69) is 6.07 Å². The van der Waals surface area contributed by atoms with Crippen LogP contribution in [0, 0.1) is 31.6 Å². The Labute approximate surface area is 180 Å². The van der Waals surface area contributed by atoms with Gasteiger partial charge in [0.2, 0.25) is 5.75 Å². The van der Waals surface area contributed by atoms with Crippen LogP contribution in [0.4, 0.5) is 11.4 Å². The van der Waals surface area contributed by atoms with Crippen molar-refractivity contribution in [1.82, 2.24) is 0 Å². The van der Waals surface area contributed by atoms with Crippen molar-refractivity contribution in [1.29, 1.82) is 5.26 Å². The molecule has 0 aliphatic rings. The number of benzene rings is 3. The molecule has 3 aromatic rings. The highest BCUT2D eigenvalue weighted by atomic mass is 16.6. The Bertz CT molecular complexity index is 1270. The van der Waals surface area contributed by atoms with Gasteiger partial charge in [0.05, 0.1) is 33.1 Å². The lowest BCUT2D eigenvalue weighted by Gasteiger charge is -2.07.